The first-order chi connectivity index (χ1) is 6.00. The lowest BCUT2D eigenvalue weighted by molar-refractivity contribution is 0.586. The fraction of sp³-hybridized carbons (Fsp3) is 1.00. The molecule has 0 fully saturated rings. The molecule has 13 heavy (non-hydrogen) atoms. The molecule has 0 bridgehead atoms. The van der Waals surface area contributed by atoms with Crippen LogP contribution in [0.2, 0.25) is 0 Å². The average Bonchev–Trinajstić information content (AvgIpc) is 2.03. The van der Waals surface area contributed by atoms with E-state index in [4.69, 9.17) is 11.6 Å². The summed E-state index contributed by atoms with van der Waals surface area (Å²) >= 11 is 5.50. The van der Waals surface area contributed by atoms with Gasteiger partial charge in [0.05, 0.1) is 5.75 Å². The van der Waals surface area contributed by atoms with E-state index in [1.807, 2.05) is 0 Å². The number of halogens is 1. The van der Waals surface area contributed by atoms with Crippen molar-refractivity contribution in [3.8, 4) is 0 Å². The SMILES string of the molecule is CCCNCCCS(=O)(=O)C(C)Cl. The zero-order valence-electron chi connectivity index (χ0n) is 8.22. The number of sulfone groups is 1. The van der Waals surface area contributed by atoms with Gasteiger partial charge in [-0.3, -0.25) is 0 Å². The summed E-state index contributed by atoms with van der Waals surface area (Å²) in [6.07, 6.45) is 1.71. The molecular formula is C8H18ClNO2S. The molecule has 0 aliphatic carbocycles. The van der Waals surface area contributed by atoms with E-state index in [9.17, 15) is 8.42 Å². The van der Waals surface area contributed by atoms with Crippen molar-refractivity contribution in [3.05, 3.63) is 0 Å². The number of alkyl halides is 1. The first-order valence-electron chi connectivity index (χ1n) is 4.57. The van der Waals surface area contributed by atoms with Gasteiger partial charge >= 0.3 is 0 Å². The summed E-state index contributed by atoms with van der Waals surface area (Å²) in [6, 6.07) is 0. The Kier molecular flexibility index (Phi) is 6.73. The molecule has 0 radical (unpaired) electrons. The highest BCUT2D eigenvalue weighted by molar-refractivity contribution is 7.93. The Morgan fingerprint density at radius 1 is 1.38 bits per heavy atom. The van der Waals surface area contributed by atoms with Gasteiger partial charge in [0.25, 0.3) is 0 Å². The van der Waals surface area contributed by atoms with E-state index in [-0.39, 0.29) is 5.75 Å². The zero-order valence-corrected chi connectivity index (χ0v) is 9.79. The molecule has 0 spiro atoms. The van der Waals surface area contributed by atoms with E-state index < -0.39 is 14.5 Å². The van der Waals surface area contributed by atoms with Crippen LogP contribution in [0.25, 0.3) is 0 Å². The molecule has 0 saturated carbocycles. The van der Waals surface area contributed by atoms with Crippen molar-refractivity contribution in [1.82, 2.24) is 5.32 Å². The van der Waals surface area contributed by atoms with Crippen LogP contribution in [0, 0.1) is 0 Å². The molecular weight excluding hydrogens is 210 g/mol. The van der Waals surface area contributed by atoms with Gasteiger partial charge in [-0.1, -0.05) is 6.92 Å². The van der Waals surface area contributed by atoms with Crippen molar-refractivity contribution >= 4 is 21.4 Å². The van der Waals surface area contributed by atoms with Gasteiger partial charge in [0, 0.05) is 0 Å². The normalized spacial score (nSPS) is 14.4. The van der Waals surface area contributed by atoms with Crippen molar-refractivity contribution < 1.29 is 8.42 Å². The molecule has 0 aliphatic rings. The fourth-order valence-corrected chi connectivity index (χ4v) is 2.00. The van der Waals surface area contributed by atoms with Gasteiger partial charge in [-0.05, 0) is 32.9 Å². The fourth-order valence-electron chi connectivity index (χ4n) is 0.863. The Morgan fingerprint density at radius 2 is 2.00 bits per heavy atom. The first kappa shape index (κ1) is 13.2. The molecule has 0 aromatic carbocycles. The third-order valence-corrected chi connectivity index (χ3v) is 4.37. The maximum absolute atomic E-state index is 11.2. The second-order valence-corrected chi connectivity index (χ2v) is 6.37. The summed E-state index contributed by atoms with van der Waals surface area (Å²) in [5.74, 6) is 0.175. The highest BCUT2D eigenvalue weighted by Crippen LogP contribution is 2.06. The molecule has 0 amide bonds. The minimum absolute atomic E-state index is 0.175. The molecule has 5 heteroatoms. The molecule has 1 unspecified atom stereocenters. The lowest BCUT2D eigenvalue weighted by Crippen LogP contribution is -2.22. The van der Waals surface area contributed by atoms with Gasteiger partial charge in [-0.15, -0.1) is 11.6 Å². The summed E-state index contributed by atoms with van der Waals surface area (Å²) in [5, 5.41) is 3.14. The molecule has 3 nitrogen and oxygen atoms in total. The Bertz CT molecular complexity index is 214. The molecule has 0 aromatic heterocycles. The van der Waals surface area contributed by atoms with Gasteiger partial charge in [0.1, 0.15) is 4.71 Å². The van der Waals surface area contributed by atoms with Crippen molar-refractivity contribution in [2.45, 2.75) is 31.4 Å². The van der Waals surface area contributed by atoms with Crippen LogP contribution in [-0.4, -0.2) is 32.0 Å². The van der Waals surface area contributed by atoms with Crippen LogP contribution in [0.3, 0.4) is 0 Å². The van der Waals surface area contributed by atoms with Crippen LogP contribution < -0.4 is 5.32 Å². The van der Waals surface area contributed by atoms with E-state index in [0.29, 0.717) is 6.42 Å². The van der Waals surface area contributed by atoms with Crippen LogP contribution in [-0.2, 0) is 9.84 Å². The number of nitrogens with one attached hydrogen (secondary N) is 1. The number of hydrogen-bond acceptors (Lipinski definition) is 3. The maximum Gasteiger partial charge on any atom is 0.166 e. The molecule has 0 saturated heterocycles. The number of hydrogen-bond donors (Lipinski definition) is 1. The Hall–Kier alpha value is 0.200. The van der Waals surface area contributed by atoms with Crippen molar-refractivity contribution in [2.24, 2.45) is 0 Å². The average molecular weight is 228 g/mol. The van der Waals surface area contributed by atoms with Gasteiger partial charge in [-0.2, -0.15) is 0 Å². The third kappa shape index (κ3) is 6.29. The van der Waals surface area contributed by atoms with Crippen LogP contribution >= 0.6 is 11.6 Å². The highest BCUT2D eigenvalue weighted by atomic mass is 35.5. The van der Waals surface area contributed by atoms with E-state index in [1.165, 1.54) is 6.92 Å². The van der Waals surface area contributed by atoms with Crippen LogP contribution in [0.5, 0.6) is 0 Å². The summed E-state index contributed by atoms with van der Waals surface area (Å²) in [4.78, 5) is 0. The van der Waals surface area contributed by atoms with Crippen molar-refractivity contribution in [3.63, 3.8) is 0 Å². The predicted molar refractivity (Wildman–Crippen MR) is 56.9 cm³/mol. The molecule has 0 aliphatic heterocycles. The van der Waals surface area contributed by atoms with Crippen LogP contribution in [0.4, 0.5) is 0 Å². The molecule has 0 rings (SSSR count). The van der Waals surface area contributed by atoms with Gasteiger partial charge < -0.3 is 5.32 Å². The maximum atomic E-state index is 11.2. The second kappa shape index (κ2) is 6.62. The van der Waals surface area contributed by atoms with Gasteiger partial charge in [0.15, 0.2) is 9.84 Å². The standard InChI is InChI=1S/C8H18ClNO2S/c1-3-5-10-6-4-7-13(11,12)8(2)9/h8,10H,3-7H2,1-2H3. The van der Waals surface area contributed by atoms with E-state index >= 15 is 0 Å². The van der Waals surface area contributed by atoms with Crippen molar-refractivity contribution in [2.75, 3.05) is 18.8 Å². The second-order valence-electron chi connectivity index (χ2n) is 3.01. The first-order valence-corrected chi connectivity index (χ1v) is 6.72. The molecule has 0 heterocycles. The lowest BCUT2D eigenvalue weighted by Gasteiger charge is -2.06. The third-order valence-electron chi connectivity index (χ3n) is 1.70. The van der Waals surface area contributed by atoms with Gasteiger partial charge in [-0.25, -0.2) is 8.42 Å². The topological polar surface area (TPSA) is 46.2 Å². The smallest absolute Gasteiger partial charge is 0.166 e. The van der Waals surface area contributed by atoms with Gasteiger partial charge in [0.2, 0.25) is 0 Å². The quantitative estimate of drug-likeness (QED) is 0.528. The monoisotopic (exact) mass is 227 g/mol. The van der Waals surface area contributed by atoms with Crippen LogP contribution in [0.15, 0.2) is 0 Å². The minimum Gasteiger partial charge on any atom is -0.317 e. The highest BCUT2D eigenvalue weighted by Gasteiger charge is 2.16. The summed E-state index contributed by atoms with van der Waals surface area (Å²) in [6.45, 7) is 5.26. The lowest BCUT2D eigenvalue weighted by atomic mass is 10.4. The zero-order chi connectivity index (χ0) is 10.3. The molecule has 1 N–H and O–H groups in total. The predicted octanol–water partition coefficient (Wildman–Crippen LogP) is 1.38. The molecule has 1 atom stereocenters. The van der Waals surface area contributed by atoms with E-state index in [1.54, 1.807) is 0 Å². The molecule has 80 valence electrons. The van der Waals surface area contributed by atoms with Crippen LogP contribution in [0.1, 0.15) is 26.7 Å². The largest absolute Gasteiger partial charge is 0.317 e. The summed E-state index contributed by atoms with van der Waals surface area (Å²) < 4.78 is 21.6. The minimum atomic E-state index is -3.06. The number of rotatable bonds is 7. The molecule has 0 aromatic rings. The Labute approximate surface area is 85.8 Å². The van der Waals surface area contributed by atoms with E-state index in [2.05, 4.69) is 12.2 Å². The Balaban J connectivity index is 3.53. The summed E-state index contributed by atoms with van der Waals surface area (Å²) in [7, 11) is -3.06. The van der Waals surface area contributed by atoms with E-state index in [0.717, 1.165) is 19.5 Å². The summed E-state index contributed by atoms with van der Waals surface area (Å²) in [5.41, 5.74) is 0. The Morgan fingerprint density at radius 3 is 2.46 bits per heavy atom. The van der Waals surface area contributed by atoms with Crippen molar-refractivity contribution in [1.29, 1.82) is 0 Å².